The third-order valence-corrected chi connectivity index (χ3v) is 3.53. The Labute approximate surface area is 116 Å². The molecule has 0 saturated heterocycles. The second-order valence-corrected chi connectivity index (χ2v) is 4.77. The van der Waals surface area contributed by atoms with Gasteiger partial charge in [-0.3, -0.25) is 9.13 Å². The van der Waals surface area contributed by atoms with Crippen molar-refractivity contribution in [2.45, 2.75) is 6.54 Å². The molecule has 20 heavy (non-hydrogen) atoms. The van der Waals surface area contributed by atoms with Gasteiger partial charge in [0.25, 0.3) is 0 Å². The summed E-state index contributed by atoms with van der Waals surface area (Å²) in [4.78, 5) is 12.3. The summed E-state index contributed by atoms with van der Waals surface area (Å²) < 4.78 is 8.68. The van der Waals surface area contributed by atoms with Crippen LogP contribution in [0.1, 0.15) is 5.56 Å². The summed E-state index contributed by atoms with van der Waals surface area (Å²) in [7, 11) is 3.44. The van der Waals surface area contributed by atoms with Crippen molar-refractivity contribution in [1.82, 2.24) is 9.13 Å². The zero-order chi connectivity index (χ0) is 14.1. The minimum Gasteiger partial charge on any atom is -0.497 e. The number of ether oxygens (including phenoxy) is 1. The molecule has 0 N–H and O–H groups in total. The molecule has 4 heteroatoms. The molecule has 1 heterocycles. The van der Waals surface area contributed by atoms with Crippen molar-refractivity contribution in [2.75, 3.05) is 7.11 Å². The molecule has 0 aliphatic carbocycles. The van der Waals surface area contributed by atoms with Crippen LogP contribution >= 0.6 is 0 Å². The van der Waals surface area contributed by atoms with Crippen LogP contribution in [0.2, 0.25) is 0 Å². The van der Waals surface area contributed by atoms with Crippen LogP contribution in [-0.4, -0.2) is 16.2 Å². The topological polar surface area (TPSA) is 36.2 Å². The Morgan fingerprint density at radius 3 is 2.55 bits per heavy atom. The van der Waals surface area contributed by atoms with Gasteiger partial charge in [-0.05, 0) is 29.8 Å². The summed E-state index contributed by atoms with van der Waals surface area (Å²) in [6.45, 7) is 0.539. The maximum Gasteiger partial charge on any atom is 0.329 e. The van der Waals surface area contributed by atoms with Gasteiger partial charge in [0, 0.05) is 7.05 Å². The van der Waals surface area contributed by atoms with E-state index in [1.807, 2.05) is 48.5 Å². The Hall–Kier alpha value is -2.49. The molecule has 4 nitrogen and oxygen atoms in total. The molecule has 3 rings (SSSR count). The molecule has 0 amide bonds. The van der Waals surface area contributed by atoms with Crippen LogP contribution < -0.4 is 10.4 Å². The predicted molar refractivity (Wildman–Crippen MR) is 79.3 cm³/mol. The molecule has 102 valence electrons. The molecule has 0 radical (unpaired) electrons. The van der Waals surface area contributed by atoms with E-state index in [2.05, 4.69) is 0 Å². The van der Waals surface area contributed by atoms with Gasteiger partial charge in [-0.2, -0.15) is 0 Å². The molecule has 1 aromatic heterocycles. The van der Waals surface area contributed by atoms with Crippen LogP contribution in [0.5, 0.6) is 5.75 Å². The highest BCUT2D eigenvalue weighted by atomic mass is 16.5. The fraction of sp³-hybridized carbons (Fsp3) is 0.188. The second-order valence-electron chi connectivity index (χ2n) is 4.77. The van der Waals surface area contributed by atoms with Crippen LogP contribution in [0, 0.1) is 0 Å². The van der Waals surface area contributed by atoms with Crippen LogP contribution in [0.4, 0.5) is 0 Å². The highest BCUT2D eigenvalue weighted by Gasteiger charge is 2.10. The molecule has 0 unspecified atom stereocenters. The first-order valence-electron chi connectivity index (χ1n) is 6.48. The summed E-state index contributed by atoms with van der Waals surface area (Å²) in [5.74, 6) is 0.802. The quantitative estimate of drug-likeness (QED) is 0.731. The Balaban J connectivity index is 2.11. The summed E-state index contributed by atoms with van der Waals surface area (Å²) in [6.07, 6.45) is 0. The third kappa shape index (κ3) is 1.99. The van der Waals surface area contributed by atoms with Crippen molar-refractivity contribution in [3.05, 3.63) is 64.6 Å². The number of hydrogen-bond acceptors (Lipinski definition) is 2. The Morgan fingerprint density at radius 1 is 1.05 bits per heavy atom. The van der Waals surface area contributed by atoms with Gasteiger partial charge < -0.3 is 4.74 Å². The summed E-state index contributed by atoms with van der Waals surface area (Å²) in [6, 6.07) is 15.6. The van der Waals surface area contributed by atoms with Crippen molar-refractivity contribution in [1.29, 1.82) is 0 Å². The minimum atomic E-state index is -0.00554. The highest BCUT2D eigenvalue weighted by Crippen LogP contribution is 2.16. The summed E-state index contributed by atoms with van der Waals surface area (Å²) in [5.41, 5.74) is 2.93. The maximum atomic E-state index is 12.3. The van der Waals surface area contributed by atoms with Crippen LogP contribution in [-0.2, 0) is 13.6 Å². The lowest BCUT2D eigenvalue weighted by Gasteiger charge is -2.06. The van der Waals surface area contributed by atoms with Gasteiger partial charge in [0.15, 0.2) is 0 Å². The van der Waals surface area contributed by atoms with Crippen LogP contribution in [0.3, 0.4) is 0 Å². The summed E-state index contributed by atoms with van der Waals surface area (Å²) in [5, 5.41) is 0. The van der Waals surface area contributed by atoms with Crippen molar-refractivity contribution in [2.24, 2.45) is 7.05 Å². The molecule has 0 aliphatic rings. The molecule has 0 atom stereocenters. The number of aromatic nitrogens is 2. The monoisotopic (exact) mass is 268 g/mol. The molecule has 0 fully saturated rings. The minimum absolute atomic E-state index is 0.00554. The first-order valence-corrected chi connectivity index (χ1v) is 6.48. The van der Waals surface area contributed by atoms with E-state index < -0.39 is 0 Å². The number of methoxy groups -OCH3 is 1. The normalized spacial score (nSPS) is 10.9. The van der Waals surface area contributed by atoms with Gasteiger partial charge in [0.05, 0.1) is 24.7 Å². The van der Waals surface area contributed by atoms with E-state index in [0.717, 1.165) is 22.3 Å². The third-order valence-electron chi connectivity index (χ3n) is 3.53. The van der Waals surface area contributed by atoms with Crippen molar-refractivity contribution in [3.63, 3.8) is 0 Å². The molecule has 2 aromatic carbocycles. The number of fused-ring (bicyclic) bond motifs is 1. The van der Waals surface area contributed by atoms with Crippen LogP contribution in [0.15, 0.2) is 53.3 Å². The Morgan fingerprint density at radius 2 is 1.80 bits per heavy atom. The van der Waals surface area contributed by atoms with E-state index in [9.17, 15) is 4.79 Å². The Kier molecular flexibility index (Phi) is 3.06. The van der Waals surface area contributed by atoms with Gasteiger partial charge in [-0.15, -0.1) is 0 Å². The zero-order valence-electron chi connectivity index (χ0n) is 11.5. The second kappa shape index (κ2) is 4.89. The van der Waals surface area contributed by atoms with E-state index in [0.29, 0.717) is 6.54 Å². The number of rotatable bonds is 3. The lowest BCUT2D eigenvalue weighted by Crippen LogP contribution is -2.22. The summed E-state index contributed by atoms with van der Waals surface area (Å²) >= 11 is 0. The molecular weight excluding hydrogens is 252 g/mol. The molecule has 0 spiro atoms. The largest absolute Gasteiger partial charge is 0.497 e. The maximum absolute atomic E-state index is 12.3. The number of aryl methyl sites for hydroxylation is 1. The van der Waals surface area contributed by atoms with Gasteiger partial charge in [0.1, 0.15) is 5.75 Å². The molecule has 0 saturated carbocycles. The smallest absolute Gasteiger partial charge is 0.329 e. The first-order chi connectivity index (χ1) is 9.70. The number of hydrogen-bond donors (Lipinski definition) is 0. The lowest BCUT2D eigenvalue weighted by atomic mass is 10.2. The van der Waals surface area contributed by atoms with Gasteiger partial charge in [-0.25, -0.2) is 4.79 Å². The fourth-order valence-corrected chi connectivity index (χ4v) is 2.47. The first kappa shape index (κ1) is 12.5. The number of para-hydroxylation sites is 2. The number of benzene rings is 2. The van der Waals surface area contributed by atoms with Crippen molar-refractivity contribution >= 4 is 11.0 Å². The van der Waals surface area contributed by atoms with E-state index in [-0.39, 0.29) is 5.69 Å². The number of nitrogens with zero attached hydrogens (tertiary/aromatic N) is 2. The van der Waals surface area contributed by atoms with Gasteiger partial charge in [0.2, 0.25) is 0 Å². The van der Waals surface area contributed by atoms with E-state index in [1.54, 1.807) is 23.3 Å². The molecule has 0 aliphatic heterocycles. The van der Waals surface area contributed by atoms with E-state index in [1.165, 1.54) is 0 Å². The zero-order valence-corrected chi connectivity index (χ0v) is 11.5. The van der Waals surface area contributed by atoms with Crippen molar-refractivity contribution < 1.29 is 4.74 Å². The molecule has 0 bridgehead atoms. The lowest BCUT2D eigenvalue weighted by molar-refractivity contribution is 0.414. The van der Waals surface area contributed by atoms with E-state index in [4.69, 9.17) is 4.74 Å². The van der Waals surface area contributed by atoms with Crippen molar-refractivity contribution in [3.8, 4) is 5.75 Å². The van der Waals surface area contributed by atoms with Gasteiger partial charge >= 0.3 is 5.69 Å². The molecular formula is C16H16N2O2. The van der Waals surface area contributed by atoms with Gasteiger partial charge in [-0.1, -0.05) is 24.3 Å². The standard InChI is InChI=1S/C16H16N2O2/c1-17-14-8-3-4-9-15(14)18(16(17)19)11-12-6-5-7-13(10-12)20-2/h3-10H,11H2,1-2H3. The van der Waals surface area contributed by atoms with Crippen LogP contribution in [0.25, 0.3) is 11.0 Å². The number of imidazole rings is 1. The average molecular weight is 268 g/mol. The SMILES string of the molecule is COc1cccc(Cn2c(=O)n(C)c3ccccc32)c1. The Bertz CT molecular complexity index is 815. The highest BCUT2D eigenvalue weighted by molar-refractivity contribution is 5.75. The van der Waals surface area contributed by atoms with E-state index >= 15 is 0 Å². The average Bonchev–Trinajstić information content (AvgIpc) is 2.73. The predicted octanol–water partition coefficient (Wildman–Crippen LogP) is 2.40. The fourth-order valence-electron chi connectivity index (χ4n) is 2.47. The molecule has 3 aromatic rings.